The van der Waals surface area contributed by atoms with E-state index in [9.17, 15) is 4.79 Å². The van der Waals surface area contributed by atoms with Crippen LogP contribution in [0.2, 0.25) is 0 Å². The number of rotatable bonds is 2. The predicted octanol–water partition coefficient (Wildman–Crippen LogP) is 2.80. The van der Waals surface area contributed by atoms with Crippen molar-refractivity contribution in [1.29, 1.82) is 0 Å². The number of hydrogen-bond acceptors (Lipinski definition) is 2. The number of carbonyl (C=O) groups is 1. The van der Waals surface area contributed by atoms with E-state index in [2.05, 4.69) is 0 Å². The Morgan fingerprint density at radius 3 is 2.26 bits per heavy atom. The number of nitrogens with zero attached hydrogens (tertiary/aromatic N) is 1. The van der Waals surface area contributed by atoms with Gasteiger partial charge in [0.25, 0.3) is 0 Å². The highest BCUT2D eigenvalue weighted by atomic mass is 16.5. The largest absolute Gasteiger partial charge is 0.361 e. The standard InChI is InChI=1S/C16H25NO2/c18-15(17-2-1-3-19-11-17)10-16-7-12-4-13(8-16)6-14(5-12)9-16/h12-14H,1-11H2. The Bertz CT molecular complexity index is 338. The Morgan fingerprint density at radius 1 is 1.11 bits per heavy atom. The Labute approximate surface area is 115 Å². The average Bonchev–Trinajstić information content (AvgIpc) is 2.37. The lowest BCUT2D eigenvalue weighted by Crippen LogP contribution is -2.49. The van der Waals surface area contributed by atoms with Crippen LogP contribution in [0, 0.1) is 23.2 Å². The summed E-state index contributed by atoms with van der Waals surface area (Å²) in [4.78, 5) is 14.5. The second-order valence-corrected chi connectivity index (χ2v) is 7.64. The van der Waals surface area contributed by atoms with Gasteiger partial charge >= 0.3 is 0 Å². The molecule has 4 bridgehead atoms. The second-order valence-electron chi connectivity index (χ2n) is 7.64. The number of amides is 1. The normalized spacial score (nSPS) is 44.6. The highest BCUT2D eigenvalue weighted by Gasteiger charge is 2.51. The van der Waals surface area contributed by atoms with Crippen molar-refractivity contribution in [3.8, 4) is 0 Å². The van der Waals surface area contributed by atoms with Gasteiger partial charge < -0.3 is 9.64 Å². The maximum atomic E-state index is 12.5. The summed E-state index contributed by atoms with van der Waals surface area (Å²) in [6.07, 6.45) is 10.2. The fraction of sp³-hybridized carbons (Fsp3) is 0.938. The third-order valence-corrected chi connectivity index (χ3v) is 6.01. The van der Waals surface area contributed by atoms with E-state index in [0.717, 1.165) is 43.7 Å². The van der Waals surface area contributed by atoms with Crippen LogP contribution in [0.3, 0.4) is 0 Å². The molecule has 19 heavy (non-hydrogen) atoms. The third kappa shape index (κ3) is 2.20. The zero-order chi connectivity index (χ0) is 12.9. The molecule has 0 aromatic heterocycles. The smallest absolute Gasteiger partial charge is 0.224 e. The maximum absolute atomic E-state index is 12.5. The Hall–Kier alpha value is -0.570. The lowest BCUT2D eigenvalue weighted by molar-refractivity contribution is -0.148. The van der Waals surface area contributed by atoms with Crippen LogP contribution in [0.1, 0.15) is 51.4 Å². The molecule has 5 aliphatic rings. The van der Waals surface area contributed by atoms with E-state index >= 15 is 0 Å². The number of carbonyl (C=O) groups excluding carboxylic acids is 1. The van der Waals surface area contributed by atoms with Gasteiger partial charge in [-0.25, -0.2) is 0 Å². The van der Waals surface area contributed by atoms with E-state index in [4.69, 9.17) is 4.74 Å². The summed E-state index contributed by atoms with van der Waals surface area (Å²) in [6.45, 7) is 2.26. The molecule has 4 aliphatic carbocycles. The summed E-state index contributed by atoms with van der Waals surface area (Å²) < 4.78 is 5.43. The molecule has 4 saturated carbocycles. The van der Waals surface area contributed by atoms with Gasteiger partial charge in [-0.05, 0) is 68.1 Å². The van der Waals surface area contributed by atoms with Gasteiger partial charge in [0.05, 0.1) is 6.61 Å². The molecular weight excluding hydrogens is 238 g/mol. The van der Waals surface area contributed by atoms with Gasteiger partial charge in [-0.2, -0.15) is 0 Å². The molecule has 1 amide bonds. The molecule has 3 heteroatoms. The summed E-state index contributed by atoms with van der Waals surface area (Å²) in [5, 5.41) is 0. The molecule has 1 aliphatic heterocycles. The van der Waals surface area contributed by atoms with E-state index in [1.165, 1.54) is 38.5 Å². The minimum absolute atomic E-state index is 0.363. The van der Waals surface area contributed by atoms with Gasteiger partial charge in [0.2, 0.25) is 5.91 Å². The predicted molar refractivity (Wildman–Crippen MR) is 72.4 cm³/mol. The van der Waals surface area contributed by atoms with Gasteiger partial charge in [0.1, 0.15) is 6.73 Å². The molecule has 3 nitrogen and oxygen atoms in total. The fourth-order valence-corrected chi connectivity index (χ4v) is 5.73. The van der Waals surface area contributed by atoms with Crippen LogP contribution in [0.25, 0.3) is 0 Å². The SMILES string of the molecule is O=C(CC12CC3CC(CC(C3)C1)C2)N1CCCOC1. The van der Waals surface area contributed by atoms with Crippen LogP contribution in [0.15, 0.2) is 0 Å². The van der Waals surface area contributed by atoms with Crippen LogP contribution in [0.5, 0.6) is 0 Å². The minimum Gasteiger partial charge on any atom is -0.361 e. The van der Waals surface area contributed by atoms with Gasteiger partial charge in [-0.1, -0.05) is 0 Å². The molecule has 0 spiro atoms. The topological polar surface area (TPSA) is 29.5 Å². The summed E-state index contributed by atoms with van der Waals surface area (Å²) in [5.41, 5.74) is 0.378. The Balaban J connectivity index is 1.45. The molecule has 1 saturated heterocycles. The van der Waals surface area contributed by atoms with Crippen molar-refractivity contribution in [2.75, 3.05) is 19.9 Å². The van der Waals surface area contributed by atoms with Gasteiger partial charge in [-0.3, -0.25) is 4.79 Å². The molecule has 5 fully saturated rings. The lowest BCUT2D eigenvalue weighted by Gasteiger charge is -2.57. The molecule has 0 N–H and O–H groups in total. The Morgan fingerprint density at radius 2 is 1.74 bits per heavy atom. The lowest BCUT2D eigenvalue weighted by atomic mass is 9.49. The van der Waals surface area contributed by atoms with Crippen LogP contribution in [0.4, 0.5) is 0 Å². The Kier molecular flexibility index (Phi) is 2.87. The molecule has 1 heterocycles. The second kappa shape index (κ2) is 4.47. The summed E-state index contributed by atoms with van der Waals surface area (Å²) in [6, 6.07) is 0. The minimum atomic E-state index is 0.363. The molecule has 0 unspecified atom stereocenters. The van der Waals surface area contributed by atoms with Gasteiger partial charge in [0.15, 0.2) is 0 Å². The molecule has 0 aromatic rings. The van der Waals surface area contributed by atoms with Crippen molar-refractivity contribution in [3.05, 3.63) is 0 Å². The number of hydrogen-bond donors (Lipinski definition) is 0. The molecular formula is C16H25NO2. The van der Waals surface area contributed by atoms with Crippen LogP contribution in [-0.4, -0.2) is 30.7 Å². The molecule has 106 valence electrons. The van der Waals surface area contributed by atoms with Crippen molar-refractivity contribution >= 4 is 5.91 Å². The molecule has 0 radical (unpaired) electrons. The first-order valence-corrected chi connectivity index (χ1v) is 8.08. The fourth-order valence-electron chi connectivity index (χ4n) is 5.73. The quantitative estimate of drug-likeness (QED) is 0.766. The first-order valence-electron chi connectivity index (χ1n) is 8.08. The van der Waals surface area contributed by atoms with Crippen LogP contribution in [-0.2, 0) is 9.53 Å². The summed E-state index contributed by atoms with van der Waals surface area (Å²) >= 11 is 0. The van der Waals surface area contributed by atoms with E-state index in [0.29, 0.717) is 18.1 Å². The summed E-state index contributed by atoms with van der Waals surface area (Å²) in [7, 11) is 0. The van der Waals surface area contributed by atoms with E-state index in [1.807, 2.05) is 4.90 Å². The van der Waals surface area contributed by atoms with Gasteiger partial charge in [-0.15, -0.1) is 0 Å². The van der Waals surface area contributed by atoms with Crippen molar-refractivity contribution in [3.63, 3.8) is 0 Å². The van der Waals surface area contributed by atoms with E-state index in [1.54, 1.807) is 0 Å². The first-order chi connectivity index (χ1) is 9.22. The summed E-state index contributed by atoms with van der Waals surface area (Å²) in [5.74, 6) is 3.19. The zero-order valence-corrected chi connectivity index (χ0v) is 11.8. The third-order valence-electron chi connectivity index (χ3n) is 6.01. The van der Waals surface area contributed by atoms with Crippen molar-refractivity contribution < 1.29 is 9.53 Å². The highest BCUT2D eigenvalue weighted by Crippen LogP contribution is 2.61. The zero-order valence-electron chi connectivity index (χ0n) is 11.8. The van der Waals surface area contributed by atoms with E-state index in [-0.39, 0.29) is 0 Å². The number of ether oxygens (including phenoxy) is 1. The molecule has 5 rings (SSSR count). The highest BCUT2D eigenvalue weighted by molar-refractivity contribution is 5.77. The molecule has 0 atom stereocenters. The average molecular weight is 263 g/mol. The molecule has 0 aromatic carbocycles. The van der Waals surface area contributed by atoms with Crippen LogP contribution >= 0.6 is 0 Å². The van der Waals surface area contributed by atoms with Crippen molar-refractivity contribution in [2.45, 2.75) is 51.4 Å². The van der Waals surface area contributed by atoms with Gasteiger partial charge in [0, 0.05) is 13.0 Å². The van der Waals surface area contributed by atoms with Crippen LogP contribution < -0.4 is 0 Å². The monoisotopic (exact) mass is 263 g/mol. The first kappa shape index (κ1) is 12.2. The van der Waals surface area contributed by atoms with E-state index < -0.39 is 0 Å². The van der Waals surface area contributed by atoms with Crippen molar-refractivity contribution in [2.24, 2.45) is 23.2 Å². The van der Waals surface area contributed by atoms with Crippen molar-refractivity contribution in [1.82, 2.24) is 4.90 Å². The maximum Gasteiger partial charge on any atom is 0.224 e.